The summed E-state index contributed by atoms with van der Waals surface area (Å²) in [5.41, 5.74) is 3.35. The first kappa shape index (κ1) is 21.8. The molecule has 1 aliphatic heterocycles. The summed E-state index contributed by atoms with van der Waals surface area (Å²) in [5.74, 6) is -0.574. The minimum atomic E-state index is -0.925. The van der Waals surface area contributed by atoms with Gasteiger partial charge in [0.25, 0.3) is 0 Å². The van der Waals surface area contributed by atoms with Gasteiger partial charge in [0, 0.05) is 25.1 Å². The summed E-state index contributed by atoms with van der Waals surface area (Å²) >= 11 is 0. The van der Waals surface area contributed by atoms with Crippen LogP contribution in [0.1, 0.15) is 43.9 Å². The molecule has 0 aromatic heterocycles. The largest absolute Gasteiger partial charge is 0.496 e. The molecule has 0 atom stereocenters. The molecule has 1 N–H and O–H groups in total. The molecule has 0 bridgehead atoms. The first-order valence-electron chi connectivity index (χ1n) is 10.1. The predicted molar refractivity (Wildman–Crippen MR) is 113 cm³/mol. The number of fused-ring (bicyclic) bond motifs is 1. The van der Waals surface area contributed by atoms with Crippen LogP contribution in [0.3, 0.4) is 0 Å². The van der Waals surface area contributed by atoms with Crippen LogP contribution in [0.5, 0.6) is 5.75 Å². The fourth-order valence-electron chi connectivity index (χ4n) is 3.91. The summed E-state index contributed by atoms with van der Waals surface area (Å²) in [5, 5.41) is 9.15. The number of hydrogen-bond acceptors (Lipinski definition) is 3. The van der Waals surface area contributed by atoms with Gasteiger partial charge in [-0.05, 0) is 52.3 Å². The van der Waals surface area contributed by atoms with Crippen molar-refractivity contribution in [2.45, 2.75) is 46.6 Å². The van der Waals surface area contributed by atoms with Crippen molar-refractivity contribution < 1.29 is 23.8 Å². The van der Waals surface area contributed by atoms with Gasteiger partial charge in [-0.25, -0.2) is 4.39 Å². The zero-order valence-electron chi connectivity index (χ0n) is 17.9. The number of methoxy groups -OCH3 is 1. The maximum absolute atomic E-state index is 14.6. The Morgan fingerprint density at radius 3 is 2.50 bits per heavy atom. The second-order valence-corrected chi connectivity index (χ2v) is 8.96. The third-order valence-corrected chi connectivity index (χ3v) is 5.30. The van der Waals surface area contributed by atoms with Gasteiger partial charge < -0.3 is 14.7 Å². The van der Waals surface area contributed by atoms with Crippen molar-refractivity contribution >= 4 is 11.9 Å². The van der Waals surface area contributed by atoms with Crippen molar-refractivity contribution in [1.82, 2.24) is 4.90 Å². The van der Waals surface area contributed by atoms with Gasteiger partial charge in [-0.3, -0.25) is 9.59 Å². The number of aliphatic carboxylic acids is 1. The summed E-state index contributed by atoms with van der Waals surface area (Å²) in [6, 6.07) is 8.34. The van der Waals surface area contributed by atoms with Crippen LogP contribution in [0.2, 0.25) is 0 Å². The Kier molecular flexibility index (Phi) is 6.15. The Morgan fingerprint density at radius 2 is 1.87 bits per heavy atom. The van der Waals surface area contributed by atoms with E-state index in [1.807, 2.05) is 20.8 Å². The molecule has 0 spiro atoms. The molecule has 5 nitrogen and oxygen atoms in total. The molecule has 0 aliphatic carbocycles. The maximum atomic E-state index is 14.6. The molecule has 0 radical (unpaired) electrons. The van der Waals surface area contributed by atoms with E-state index in [1.54, 1.807) is 36.3 Å². The molecular formula is C24H28FNO4. The molecule has 30 heavy (non-hydrogen) atoms. The highest BCUT2D eigenvalue weighted by atomic mass is 19.1. The van der Waals surface area contributed by atoms with Crippen molar-refractivity contribution in [3.63, 3.8) is 0 Å². The van der Waals surface area contributed by atoms with E-state index < -0.39 is 5.97 Å². The molecule has 1 amide bonds. The Labute approximate surface area is 176 Å². The molecular weight excluding hydrogens is 385 g/mol. The number of halogens is 1. The molecule has 6 heteroatoms. The highest BCUT2D eigenvalue weighted by Gasteiger charge is 2.28. The number of carboxylic acids is 1. The highest BCUT2D eigenvalue weighted by Crippen LogP contribution is 2.38. The van der Waals surface area contributed by atoms with E-state index in [2.05, 4.69) is 0 Å². The van der Waals surface area contributed by atoms with Crippen molar-refractivity contribution in [2.24, 2.45) is 5.41 Å². The number of hydrogen-bond donors (Lipinski definition) is 1. The Balaban J connectivity index is 2.05. The molecule has 0 saturated heterocycles. The number of amides is 1. The molecule has 2 aromatic rings. The fourth-order valence-corrected chi connectivity index (χ4v) is 3.91. The smallest absolute Gasteiger partial charge is 0.307 e. The van der Waals surface area contributed by atoms with Crippen LogP contribution in [0.4, 0.5) is 4.39 Å². The zero-order valence-corrected chi connectivity index (χ0v) is 17.9. The second-order valence-electron chi connectivity index (χ2n) is 8.96. The van der Waals surface area contributed by atoms with Crippen molar-refractivity contribution in [2.75, 3.05) is 13.7 Å². The lowest BCUT2D eigenvalue weighted by molar-refractivity contribution is -0.136. The van der Waals surface area contributed by atoms with Crippen LogP contribution >= 0.6 is 0 Å². The number of carbonyl (C=O) groups is 2. The van der Waals surface area contributed by atoms with Gasteiger partial charge >= 0.3 is 5.97 Å². The van der Waals surface area contributed by atoms with E-state index in [4.69, 9.17) is 9.84 Å². The molecule has 1 heterocycles. The molecule has 1 aliphatic rings. The van der Waals surface area contributed by atoms with Crippen molar-refractivity contribution in [1.29, 1.82) is 0 Å². The van der Waals surface area contributed by atoms with E-state index >= 15 is 0 Å². The third-order valence-electron chi connectivity index (χ3n) is 5.30. The molecule has 160 valence electrons. The van der Waals surface area contributed by atoms with Crippen LogP contribution < -0.4 is 4.74 Å². The number of ether oxygens (including phenoxy) is 1. The van der Waals surface area contributed by atoms with Crippen LogP contribution in [0.15, 0.2) is 30.3 Å². The predicted octanol–water partition coefficient (Wildman–Crippen LogP) is 4.45. The Hall–Kier alpha value is -2.89. The molecule has 2 aromatic carbocycles. The minimum absolute atomic E-state index is 0.0509. The zero-order chi connectivity index (χ0) is 22.1. The van der Waals surface area contributed by atoms with Gasteiger partial charge in [0.15, 0.2) is 0 Å². The molecule has 0 saturated carbocycles. The van der Waals surface area contributed by atoms with Crippen molar-refractivity contribution in [3.8, 4) is 16.9 Å². The van der Waals surface area contributed by atoms with E-state index in [1.165, 1.54) is 6.07 Å². The molecule has 0 fully saturated rings. The Morgan fingerprint density at radius 1 is 1.13 bits per heavy atom. The number of benzene rings is 2. The van der Waals surface area contributed by atoms with E-state index in [0.717, 1.165) is 11.1 Å². The van der Waals surface area contributed by atoms with Crippen LogP contribution in [0, 0.1) is 11.2 Å². The van der Waals surface area contributed by atoms with Gasteiger partial charge in [0.05, 0.1) is 13.5 Å². The summed E-state index contributed by atoms with van der Waals surface area (Å²) in [6.45, 7) is 6.87. The SMILES string of the molecule is COc1ccc(CC(=O)O)cc1-c1ccc(F)c2c1CN(C(=O)CC(C)(C)C)CC2. The van der Waals surface area contributed by atoms with Crippen LogP contribution in [-0.2, 0) is 29.0 Å². The summed E-state index contributed by atoms with van der Waals surface area (Å²) < 4.78 is 20.1. The Bertz CT molecular complexity index is 978. The molecule has 3 rings (SSSR count). The van der Waals surface area contributed by atoms with E-state index in [-0.39, 0.29) is 23.6 Å². The summed E-state index contributed by atoms with van der Waals surface area (Å²) in [7, 11) is 1.55. The number of carboxylic acid groups (broad SMARTS) is 1. The van der Waals surface area contributed by atoms with Gasteiger partial charge in [0.1, 0.15) is 11.6 Å². The standard InChI is InChI=1S/C24H28FNO4/c1-24(2,3)13-22(27)26-10-9-17-19(14-26)16(6-7-20(17)25)18-11-15(12-23(28)29)5-8-21(18)30-4/h5-8,11H,9-10,12-14H2,1-4H3,(H,28,29). The van der Waals surface area contributed by atoms with E-state index in [9.17, 15) is 14.0 Å². The number of nitrogens with zero attached hydrogens (tertiary/aromatic N) is 1. The van der Waals surface area contributed by atoms with Gasteiger partial charge in [-0.1, -0.05) is 32.9 Å². The minimum Gasteiger partial charge on any atom is -0.496 e. The average Bonchev–Trinajstić information content (AvgIpc) is 2.66. The lowest BCUT2D eigenvalue weighted by Gasteiger charge is -2.33. The van der Waals surface area contributed by atoms with Gasteiger partial charge in [-0.2, -0.15) is 0 Å². The number of rotatable bonds is 5. The molecule has 0 unspecified atom stereocenters. The van der Waals surface area contributed by atoms with Gasteiger partial charge in [0.2, 0.25) is 5.91 Å². The second kappa shape index (κ2) is 8.46. The lowest BCUT2D eigenvalue weighted by atomic mass is 9.88. The summed E-state index contributed by atoms with van der Waals surface area (Å²) in [6.07, 6.45) is 0.753. The number of carbonyl (C=O) groups excluding carboxylic acids is 1. The van der Waals surface area contributed by atoms with E-state index in [0.29, 0.717) is 48.4 Å². The average molecular weight is 413 g/mol. The quantitative estimate of drug-likeness (QED) is 0.787. The first-order chi connectivity index (χ1) is 14.1. The van der Waals surface area contributed by atoms with Crippen molar-refractivity contribution in [3.05, 3.63) is 52.8 Å². The highest BCUT2D eigenvalue weighted by molar-refractivity contribution is 5.80. The first-order valence-corrected chi connectivity index (χ1v) is 10.1. The topological polar surface area (TPSA) is 66.8 Å². The van der Waals surface area contributed by atoms with Crippen LogP contribution in [-0.4, -0.2) is 35.5 Å². The van der Waals surface area contributed by atoms with Gasteiger partial charge in [-0.15, -0.1) is 0 Å². The normalized spacial score (nSPS) is 13.7. The van der Waals surface area contributed by atoms with Crippen LogP contribution in [0.25, 0.3) is 11.1 Å². The maximum Gasteiger partial charge on any atom is 0.307 e. The third kappa shape index (κ3) is 4.81. The lowest BCUT2D eigenvalue weighted by Crippen LogP contribution is -2.38. The monoisotopic (exact) mass is 413 g/mol. The summed E-state index contributed by atoms with van der Waals surface area (Å²) in [4.78, 5) is 25.7. The fraction of sp³-hybridized carbons (Fsp3) is 0.417.